The molecule has 3 rings (SSSR count). The summed E-state index contributed by atoms with van der Waals surface area (Å²) in [6, 6.07) is 8.27. The van der Waals surface area contributed by atoms with Gasteiger partial charge in [-0.2, -0.15) is 0 Å². The van der Waals surface area contributed by atoms with Gasteiger partial charge in [0.2, 0.25) is 0 Å². The second-order valence-corrected chi connectivity index (χ2v) is 5.95. The molecule has 1 aromatic heterocycles. The van der Waals surface area contributed by atoms with Gasteiger partial charge in [0.25, 0.3) is 0 Å². The van der Waals surface area contributed by atoms with Crippen LogP contribution in [0.5, 0.6) is 0 Å². The smallest absolute Gasteiger partial charge is 0.0928 e. The van der Waals surface area contributed by atoms with Gasteiger partial charge in [0.05, 0.1) is 5.60 Å². The van der Waals surface area contributed by atoms with Crippen molar-refractivity contribution in [2.45, 2.75) is 38.7 Å². The predicted molar refractivity (Wildman–Crippen MR) is 74.4 cm³/mol. The molecule has 96 valence electrons. The van der Waals surface area contributed by atoms with Gasteiger partial charge < -0.3 is 10.1 Å². The van der Waals surface area contributed by atoms with Gasteiger partial charge in [0.15, 0.2) is 0 Å². The van der Waals surface area contributed by atoms with Crippen LogP contribution in [0.4, 0.5) is 0 Å². The number of aliphatic hydroxyl groups is 1. The molecule has 3 unspecified atom stereocenters. The van der Waals surface area contributed by atoms with Crippen LogP contribution in [-0.2, 0) is 5.60 Å². The maximum Gasteiger partial charge on any atom is 0.0928 e. The van der Waals surface area contributed by atoms with Crippen molar-refractivity contribution in [3.63, 3.8) is 0 Å². The van der Waals surface area contributed by atoms with Crippen molar-refractivity contribution in [2.24, 2.45) is 11.8 Å². The molecule has 0 saturated heterocycles. The van der Waals surface area contributed by atoms with E-state index in [1.54, 1.807) is 0 Å². The molecule has 1 heterocycles. The molecule has 2 N–H and O–H groups in total. The molecular weight excluding hydrogens is 222 g/mol. The second kappa shape index (κ2) is 4.13. The molecule has 0 amide bonds. The lowest BCUT2D eigenvalue weighted by atomic mass is 9.68. The van der Waals surface area contributed by atoms with E-state index in [4.69, 9.17) is 0 Å². The fourth-order valence-corrected chi connectivity index (χ4v) is 3.49. The molecule has 1 aliphatic rings. The number of aromatic nitrogens is 1. The SMILES string of the molecule is CC1CCC(O)(c2cccc3[nH]ccc23)C(C)C1. The lowest BCUT2D eigenvalue weighted by molar-refractivity contribution is -0.0575. The summed E-state index contributed by atoms with van der Waals surface area (Å²) >= 11 is 0. The summed E-state index contributed by atoms with van der Waals surface area (Å²) in [4.78, 5) is 3.23. The first-order valence-corrected chi connectivity index (χ1v) is 6.90. The number of nitrogens with one attached hydrogen (secondary N) is 1. The van der Waals surface area contributed by atoms with E-state index in [1.165, 1.54) is 5.39 Å². The third-order valence-electron chi connectivity index (χ3n) is 4.65. The maximum absolute atomic E-state index is 11.1. The molecular formula is C16H21NO. The number of hydrogen-bond donors (Lipinski definition) is 2. The standard InChI is InChI=1S/C16H21NO/c1-11-6-8-16(18,12(2)10-11)14-4-3-5-15-13(14)7-9-17-15/h3-5,7,9,11-12,17-18H,6,8,10H2,1-2H3. The lowest BCUT2D eigenvalue weighted by Crippen LogP contribution is -2.38. The summed E-state index contributed by atoms with van der Waals surface area (Å²) in [5, 5.41) is 12.3. The van der Waals surface area contributed by atoms with Crippen molar-refractivity contribution in [3.8, 4) is 0 Å². The minimum absolute atomic E-state index is 0.321. The van der Waals surface area contributed by atoms with E-state index in [1.807, 2.05) is 12.3 Å². The summed E-state index contributed by atoms with van der Waals surface area (Å²) in [5.41, 5.74) is 1.56. The summed E-state index contributed by atoms with van der Waals surface area (Å²) in [7, 11) is 0. The lowest BCUT2D eigenvalue weighted by Gasteiger charge is -2.41. The Morgan fingerprint density at radius 2 is 2.11 bits per heavy atom. The Morgan fingerprint density at radius 1 is 1.28 bits per heavy atom. The molecule has 3 atom stereocenters. The van der Waals surface area contributed by atoms with Crippen LogP contribution in [0, 0.1) is 11.8 Å². The van der Waals surface area contributed by atoms with E-state index in [0.717, 1.165) is 36.3 Å². The first kappa shape index (κ1) is 11.8. The van der Waals surface area contributed by atoms with Gasteiger partial charge in [0.1, 0.15) is 0 Å². The van der Waals surface area contributed by atoms with Crippen molar-refractivity contribution in [1.82, 2.24) is 4.98 Å². The van der Waals surface area contributed by atoms with Gasteiger partial charge in [-0.25, -0.2) is 0 Å². The molecule has 1 aromatic carbocycles. The number of aromatic amines is 1. The summed E-state index contributed by atoms with van der Waals surface area (Å²) in [6.45, 7) is 4.47. The van der Waals surface area contributed by atoms with Crippen molar-refractivity contribution in [2.75, 3.05) is 0 Å². The van der Waals surface area contributed by atoms with Gasteiger partial charge in [-0.05, 0) is 48.8 Å². The molecule has 2 nitrogen and oxygen atoms in total. The highest BCUT2D eigenvalue weighted by Crippen LogP contribution is 2.45. The average Bonchev–Trinajstić information content (AvgIpc) is 2.82. The van der Waals surface area contributed by atoms with Crippen LogP contribution < -0.4 is 0 Å². The highest BCUT2D eigenvalue weighted by atomic mass is 16.3. The second-order valence-electron chi connectivity index (χ2n) is 5.95. The first-order valence-electron chi connectivity index (χ1n) is 6.90. The van der Waals surface area contributed by atoms with Gasteiger partial charge >= 0.3 is 0 Å². The quantitative estimate of drug-likeness (QED) is 0.785. The fourth-order valence-electron chi connectivity index (χ4n) is 3.49. The van der Waals surface area contributed by atoms with E-state index in [2.05, 4.69) is 37.0 Å². The zero-order chi connectivity index (χ0) is 12.8. The monoisotopic (exact) mass is 243 g/mol. The molecule has 1 fully saturated rings. The van der Waals surface area contributed by atoms with E-state index in [0.29, 0.717) is 5.92 Å². The Kier molecular flexibility index (Phi) is 2.70. The number of H-pyrrole nitrogens is 1. The van der Waals surface area contributed by atoms with Crippen LogP contribution in [0.1, 0.15) is 38.7 Å². The zero-order valence-corrected chi connectivity index (χ0v) is 11.1. The Bertz CT molecular complexity index is 559. The Balaban J connectivity index is 2.10. The minimum atomic E-state index is -0.659. The number of rotatable bonds is 1. The van der Waals surface area contributed by atoms with Gasteiger partial charge in [0, 0.05) is 17.1 Å². The van der Waals surface area contributed by atoms with Crippen LogP contribution in [0.3, 0.4) is 0 Å². The van der Waals surface area contributed by atoms with Gasteiger partial charge in [-0.15, -0.1) is 0 Å². The Morgan fingerprint density at radius 3 is 2.89 bits per heavy atom. The molecule has 2 heteroatoms. The fraction of sp³-hybridized carbons (Fsp3) is 0.500. The molecule has 0 spiro atoms. The van der Waals surface area contributed by atoms with Crippen LogP contribution in [0.25, 0.3) is 10.9 Å². The zero-order valence-electron chi connectivity index (χ0n) is 11.1. The molecule has 1 saturated carbocycles. The summed E-state index contributed by atoms with van der Waals surface area (Å²) in [6.07, 6.45) is 5.05. The molecule has 0 bridgehead atoms. The largest absolute Gasteiger partial charge is 0.385 e. The third-order valence-corrected chi connectivity index (χ3v) is 4.65. The van der Waals surface area contributed by atoms with Crippen LogP contribution in [0.15, 0.2) is 30.5 Å². The van der Waals surface area contributed by atoms with Crippen molar-refractivity contribution in [1.29, 1.82) is 0 Å². The molecule has 18 heavy (non-hydrogen) atoms. The molecule has 0 aliphatic heterocycles. The topological polar surface area (TPSA) is 36.0 Å². The molecule has 2 aromatic rings. The van der Waals surface area contributed by atoms with E-state index in [-0.39, 0.29) is 0 Å². The van der Waals surface area contributed by atoms with Crippen molar-refractivity contribution < 1.29 is 5.11 Å². The minimum Gasteiger partial charge on any atom is -0.385 e. The maximum atomic E-state index is 11.1. The van der Waals surface area contributed by atoms with Crippen LogP contribution in [-0.4, -0.2) is 10.1 Å². The molecule has 0 radical (unpaired) electrons. The van der Waals surface area contributed by atoms with Crippen molar-refractivity contribution in [3.05, 3.63) is 36.0 Å². The van der Waals surface area contributed by atoms with Gasteiger partial charge in [-0.1, -0.05) is 26.0 Å². The highest BCUT2D eigenvalue weighted by molar-refractivity contribution is 5.83. The van der Waals surface area contributed by atoms with E-state index < -0.39 is 5.60 Å². The van der Waals surface area contributed by atoms with Gasteiger partial charge in [-0.3, -0.25) is 0 Å². The van der Waals surface area contributed by atoms with Crippen LogP contribution >= 0.6 is 0 Å². The number of benzene rings is 1. The predicted octanol–water partition coefficient (Wildman–Crippen LogP) is 3.81. The Labute approximate surface area is 108 Å². The number of fused-ring (bicyclic) bond motifs is 1. The highest BCUT2D eigenvalue weighted by Gasteiger charge is 2.40. The Hall–Kier alpha value is -1.28. The summed E-state index contributed by atoms with van der Waals surface area (Å²) in [5.74, 6) is 1.05. The first-order chi connectivity index (χ1) is 8.61. The third kappa shape index (κ3) is 1.67. The number of hydrogen-bond acceptors (Lipinski definition) is 1. The van der Waals surface area contributed by atoms with E-state index >= 15 is 0 Å². The normalized spacial score (nSPS) is 32.8. The summed E-state index contributed by atoms with van der Waals surface area (Å²) < 4.78 is 0. The van der Waals surface area contributed by atoms with E-state index in [9.17, 15) is 5.11 Å². The van der Waals surface area contributed by atoms with Crippen LogP contribution in [0.2, 0.25) is 0 Å². The van der Waals surface area contributed by atoms with Crippen molar-refractivity contribution >= 4 is 10.9 Å². The average molecular weight is 243 g/mol. The molecule has 1 aliphatic carbocycles.